The highest BCUT2D eigenvalue weighted by atomic mass is 16.8. The fourth-order valence-corrected chi connectivity index (χ4v) is 4.99. The Morgan fingerprint density at radius 2 is 1.97 bits per heavy atom. The highest BCUT2D eigenvalue weighted by molar-refractivity contribution is 6.01. The topological polar surface area (TPSA) is 77.1 Å². The van der Waals surface area contributed by atoms with Crippen LogP contribution in [0.5, 0.6) is 5.75 Å². The summed E-state index contributed by atoms with van der Waals surface area (Å²) < 4.78 is 11.9. The summed E-state index contributed by atoms with van der Waals surface area (Å²) in [5.41, 5.74) is 4.67. The normalized spacial score (nSPS) is 22.1. The Hall–Kier alpha value is -3.00. The summed E-state index contributed by atoms with van der Waals surface area (Å²) in [5.74, 6) is 0.361. The molecule has 35 heavy (non-hydrogen) atoms. The molecule has 0 aliphatic carbocycles. The lowest BCUT2D eigenvalue weighted by molar-refractivity contribution is -0.198. The van der Waals surface area contributed by atoms with Crippen molar-refractivity contribution in [1.29, 1.82) is 0 Å². The van der Waals surface area contributed by atoms with Gasteiger partial charge in [0.1, 0.15) is 11.4 Å². The van der Waals surface area contributed by atoms with Gasteiger partial charge >= 0.3 is 0 Å². The first kappa shape index (κ1) is 23.7. The van der Waals surface area contributed by atoms with Crippen LogP contribution in [0.15, 0.2) is 54.6 Å². The number of fused-ring (bicyclic) bond motifs is 1. The number of hydrogen-bond acceptors (Lipinski definition) is 6. The van der Waals surface area contributed by atoms with E-state index in [4.69, 9.17) is 14.3 Å². The van der Waals surface area contributed by atoms with Crippen molar-refractivity contribution in [2.24, 2.45) is 0 Å². The lowest BCUT2D eigenvalue weighted by atomic mass is 9.82. The summed E-state index contributed by atoms with van der Waals surface area (Å²) >= 11 is 0. The Kier molecular flexibility index (Phi) is 7.27. The molecule has 184 valence electrons. The third-order valence-corrected chi connectivity index (χ3v) is 6.99. The number of likely N-dealkylation sites (tertiary alicyclic amines) is 1. The second-order valence-corrected chi connectivity index (χ2v) is 9.62. The van der Waals surface area contributed by atoms with Gasteiger partial charge in [-0.1, -0.05) is 36.4 Å². The molecule has 1 spiro atoms. The second-order valence-electron chi connectivity index (χ2n) is 9.62. The lowest BCUT2D eigenvalue weighted by Gasteiger charge is -2.44. The Morgan fingerprint density at radius 1 is 1.14 bits per heavy atom. The molecule has 1 unspecified atom stereocenters. The van der Waals surface area contributed by atoms with Crippen molar-refractivity contribution in [1.82, 2.24) is 10.4 Å². The van der Waals surface area contributed by atoms with E-state index in [2.05, 4.69) is 34.6 Å². The predicted octanol–water partition coefficient (Wildman–Crippen LogP) is 4.27. The molecule has 0 radical (unpaired) electrons. The maximum Gasteiger partial charge on any atom is 0.267 e. The van der Waals surface area contributed by atoms with E-state index in [9.17, 15) is 9.59 Å². The molecule has 0 saturated carbocycles. The third kappa shape index (κ3) is 5.99. The summed E-state index contributed by atoms with van der Waals surface area (Å²) in [6, 6.07) is 15.9. The molecule has 3 heterocycles. The van der Waals surface area contributed by atoms with E-state index >= 15 is 0 Å². The van der Waals surface area contributed by atoms with E-state index in [1.165, 1.54) is 11.6 Å². The fourth-order valence-electron chi connectivity index (χ4n) is 4.99. The van der Waals surface area contributed by atoms with Crippen LogP contribution >= 0.6 is 0 Å². The molecule has 2 saturated heterocycles. The van der Waals surface area contributed by atoms with E-state index < -0.39 is 5.60 Å². The highest BCUT2D eigenvalue weighted by Gasteiger charge is 2.42. The molecule has 0 aromatic heterocycles. The van der Waals surface area contributed by atoms with Crippen molar-refractivity contribution in [3.05, 3.63) is 71.3 Å². The largest absolute Gasteiger partial charge is 0.486 e. The zero-order valence-electron chi connectivity index (χ0n) is 19.9. The van der Waals surface area contributed by atoms with Crippen LogP contribution in [0.4, 0.5) is 0 Å². The van der Waals surface area contributed by atoms with Gasteiger partial charge in [-0.25, -0.2) is 10.3 Å². The first-order valence-corrected chi connectivity index (χ1v) is 12.5. The second kappa shape index (κ2) is 10.7. The van der Waals surface area contributed by atoms with E-state index in [0.29, 0.717) is 24.3 Å². The summed E-state index contributed by atoms with van der Waals surface area (Å²) in [4.78, 5) is 32.8. The minimum absolute atomic E-state index is 0.122. The monoisotopic (exact) mass is 476 g/mol. The van der Waals surface area contributed by atoms with Crippen LogP contribution in [-0.2, 0) is 20.9 Å². The number of nitrogens with zero attached hydrogens (tertiary/aromatic N) is 1. The number of carbonyl (C=O) groups is 2. The van der Waals surface area contributed by atoms with Gasteiger partial charge in [0, 0.05) is 51.6 Å². The summed E-state index contributed by atoms with van der Waals surface area (Å²) in [5, 5.41) is 0. The van der Waals surface area contributed by atoms with E-state index in [0.717, 1.165) is 57.3 Å². The van der Waals surface area contributed by atoms with Crippen LogP contribution in [0, 0.1) is 0 Å². The Bertz CT molecular complexity index is 1070. The Labute approximate surface area is 206 Å². The van der Waals surface area contributed by atoms with Crippen LogP contribution in [-0.4, -0.2) is 48.2 Å². The number of nitrogens with one attached hydrogen (secondary N) is 1. The smallest absolute Gasteiger partial charge is 0.267 e. The van der Waals surface area contributed by atoms with Gasteiger partial charge < -0.3 is 9.47 Å². The maximum atomic E-state index is 12.9. The fraction of sp³-hybridized carbons (Fsp3) is 0.429. The zero-order valence-corrected chi connectivity index (χ0v) is 19.9. The highest BCUT2D eigenvalue weighted by Crippen LogP contribution is 2.40. The Morgan fingerprint density at radius 3 is 2.74 bits per heavy atom. The molecule has 2 aromatic rings. The van der Waals surface area contributed by atoms with E-state index in [1.54, 1.807) is 12.1 Å². The number of amides is 1. The van der Waals surface area contributed by atoms with E-state index in [-0.39, 0.29) is 18.0 Å². The number of piperidine rings is 1. The molecule has 5 rings (SSSR count). The van der Waals surface area contributed by atoms with Gasteiger partial charge in [-0.2, -0.15) is 0 Å². The van der Waals surface area contributed by atoms with Gasteiger partial charge in [0.05, 0.1) is 12.0 Å². The standard InChI is InChI=1S/C28H32N2O5/c31-24-19-28(13-15-30(16-14-28)20-22-6-2-1-3-7-22)34-25-18-21(9-11-23(24)25)10-12-26(32)29-35-27-8-4-5-17-33-27/h1-3,6-7,9-12,18,27H,4-5,8,13-17,19-20H2,(H,29,32)/b12-10+. The van der Waals surface area contributed by atoms with Crippen LogP contribution in [0.1, 0.15) is 60.0 Å². The first-order valence-electron chi connectivity index (χ1n) is 12.5. The minimum atomic E-state index is -0.454. The molecule has 2 fully saturated rings. The quantitative estimate of drug-likeness (QED) is 0.496. The number of hydrogen-bond donors (Lipinski definition) is 1. The molecule has 3 aliphatic rings. The third-order valence-electron chi connectivity index (χ3n) is 6.99. The predicted molar refractivity (Wildman–Crippen MR) is 132 cm³/mol. The molecule has 7 heteroatoms. The average Bonchev–Trinajstić information content (AvgIpc) is 2.89. The molecular formula is C28H32N2O5. The van der Waals surface area contributed by atoms with Crippen LogP contribution in [0.2, 0.25) is 0 Å². The average molecular weight is 477 g/mol. The molecule has 1 atom stereocenters. The number of ketones is 1. The van der Waals surface area contributed by atoms with Gasteiger partial charge in [0.25, 0.3) is 5.91 Å². The lowest BCUT2D eigenvalue weighted by Crippen LogP contribution is -2.50. The number of Topliss-reactive ketones (excluding diaryl/α,β-unsaturated/α-hetero) is 1. The van der Waals surface area contributed by atoms with Crippen molar-refractivity contribution in [2.75, 3.05) is 19.7 Å². The zero-order chi connectivity index (χ0) is 24.1. The van der Waals surface area contributed by atoms with Crippen LogP contribution < -0.4 is 10.2 Å². The van der Waals surface area contributed by atoms with Gasteiger partial charge in [-0.05, 0) is 42.2 Å². The van der Waals surface area contributed by atoms with E-state index in [1.807, 2.05) is 18.2 Å². The summed E-state index contributed by atoms with van der Waals surface area (Å²) in [7, 11) is 0. The van der Waals surface area contributed by atoms with Gasteiger partial charge in [-0.15, -0.1) is 0 Å². The van der Waals surface area contributed by atoms with Crippen molar-refractivity contribution in [3.63, 3.8) is 0 Å². The van der Waals surface area contributed by atoms with Gasteiger partial charge in [-0.3, -0.25) is 14.5 Å². The molecule has 1 amide bonds. The SMILES string of the molecule is O=C(/C=C/c1ccc2c(c1)OC1(CCN(Cc3ccccc3)CC1)CC2=O)NOC1CCCCO1. The van der Waals surface area contributed by atoms with Crippen LogP contribution in [0.25, 0.3) is 6.08 Å². The van der Waals surface area contributed by atoms with Gasteiger partial charge in [0.15, 0.2) is 12.1 Å². The van der Waals surface area contributed by atoms with Crippen molar-refractivity contribution in [2.45, 2.75) is 57.0 Å². The number of benzene rings is 2. The van der Waals surface area contributed by atoms with Crippen molar-refractivity contribution < 1.29 is 23.9 Å². The molecule has 3 aliphatic heterocycles. The summed E-state index contributed by atoms with van der Waals surface area (Å²) in [6.07, 6.45) is 7.57. The van der Waals surface area contributed by atoms with Crippen molar-refractivity contribution in [3.8, 4) is 5.75 Å². The number of ether oxygens (including phenoxy) is 2. The number of rotatable bonds is 6. The van der Waals surface area contributed by atoms with Crippen LogP contribution in [0.3, 0.4) is 0 Å². The first-order chi connectivity index (χ1) is 17.1. The molecule has 2 aromatic carbocycles. The molecule has 0 bridgehead atoms. The molecule has 7 nitrogen and oxygen atoms in total. The number of hydroxylamine groups is 1. The van der Waals surface area contributed by atoms with Gasteiger partial charge in [0.2, 0.25) is 0 Å². The number of carbonyl (C=O) groups excluding carboxylic acids is 2. The van der Waals surface area contributed by atoms with Crippen molar-refractivity contribution >= 4 is 17.8 Å². The molecular weight excluding hydrogens is 444 g/mol. The summed E-state index contributed by atoms with van der Waals surface area (Å²) in [6.45, 7) is 3.34. The Balaban J connectivity index is 1.18. The minimum Gasteiger partial charge on any atom is -0.486 e. The maximum absolute atomic E-state index is 12.9. The molecule has 1 N–H and O–H groups in total.